The average molecular weight is 553 g/mol. The van der Waals surface area contributed by atoms with Crippen LogP contribution in [0.5, 0.6) is 11.5 Å². The largest absolute Gasteiger partial charge is 0.496 e. The van der Waals surface area contributed by atoms with Gasteiger partial charge in [0.05, 0.1) is 26.2 Å². The Balaban J connectivity index is 1.57. The lowest BCUT2D eigenvalue weighted by atomic mass is 9.83. The zero-order valence-corrected chi connectivity index (χ0v) is 23.9. The Morgan fingerprint density at radius 3 is 2.67 bits per heavy atom. The molecule has 2 N–H and O–H groups in total. The SMILES string of the molecule is CCCCN(CCCO)C(=O)CN1CC(c2ccc3c(c2)CCO3)C(C(=O)O)C1CCCc1ccccc1OC. The van der Waals surface area contributed by atoms with Crippen molar-refractivity contribution in [1.29, 1.82) is 0 Å². The van der Waals surface area contributed by atoms with Crippen molar-refractivity contribution < 1.29 is 29.3 Å². The summed E-state index contributed by atoms with van der Waals surface area (Å²) in [5, 5.41) is 19.9. The first-order valence-electron chi connectivity index (χ1n) is 14.7. The molecule has 0 saturated carbocycles. The van der Waals surface area contributed by atoms with Gasteiger partial charge in [0.1, 0.15) is 11.5 Å². The van der Waals surface area contributed by atoms with Crippen LogP contribution in [0.4, 0.5) is 0 Å². The van der Waals surface area contributed by atoms with Crippen LogP contribution < -0.4 is 9.47 Å². The Hall–Kier alpha value is -3.10. The highest BCUT2D eigenvalue weighted by atomic mass is 16.5. The predicted octanol–water partition coefficient (Wildman–Crippen LogP) is 4.13. The molecule has 218 valence electrons. The van der Waals surface area contributed by atoms with E-state index in [1.54, 1.807) is 7.11 Å². The lowest BCUT2D eigenvalue weighted by Gasteiger charge is -2.30. The number of aryl methyl sites for hydroxylation is 1. The zero-order valence-electron chi connectivity index (χ0n) is 23.9. The van der Waals surface area contributed by atoms with E-state index in [9.17, 15) is 19.8 Å². The van der Waals surface area contributed by atoms with Gasteiger partial charge in [-0.1, -0.05) is 43.7 Å². The smallest absolute Gasteiger partial charge is 0.308 e. The Labute approximate surface area is 237 Å². The molecule has 0 spiro atoms. The van der Waals surface area contributed by atoms with Crippen LogP contribution in [-0.4, -0.2) is 84.4 Å². The molecule has 2 aromatic rings. The molecule has 0 bridgehead atoms. The van der Waals surface area contributed by atoms with Gasteiger partial charge >= 0.3 is 5.97 Å². The standard InChI is InChI=1S/C32H44N2O6/c1-3-4-16-33(17-8-18-35)30(36)22-34-21-26(24-13-14-29-25(20-24)15-19-40-29)31(32(37)38)27(34)11-7-10-23-9-5-6-12-28(23)39-2/h5-6,9,12-14,20,26-27,31,35H,3-4,7-8,10-11,15-19,21-22H2,1-2H3,(H,37,38). The fourth-order valence-electron chi connectivity index (χ4n) is 6.28. The molecule has 1 saturated heterocycles. The average Bonchev–Trinajstić information content (AvgIpc) is 3.57. The monoisotopic (exact) mass is 552 g/mol. The van der Waals surface area contributed by atoms with Gasteiger partial charge in [-0.15, -0.1) is 0 Å². The number of fused-ring (bicyclic) bond motifs is 1. The number of hydrogen-bond acceptors (Lipinski definition) is 6. The molecule has 2 heterocycles. The van der Waals surface area contributed by atoms with Gasteiger partial charge in [0, 0.05) is 44.6 Å². The normalized spacial score (nSPS) is 20.2. The number of methoxy groups -OCH3 is 1. The molecule has 8 heteroatoms. The number of aliphatic hydroxyl groups is 1. The number of para-hydroxylation sites is 1. The summed E-state index contributed by atoms with van der Waals surface area (Å²) in [5.74, 6) is 0.0705. The second-order valence-electron chi connectivity index (χ2n) is 10.9. The quantitative estimate of drug-likeness (QED) is 0.343. The number of carbonyl (C=O) groups excluding carboxylic acids is 1. The summed E-state index contributed by atoms with van der Waals surface area (Å²) >= 11 is 0. The van der Waals surface area contributed by atoms with Crippen LogP contribution in [0.1, 0.15) is 61.6 Å². The van der Waals surface area contributed by atoms with Crippen LogP contribution in [0, 0.1) is 5.92 Å². The number of nitrogens with zero attached hydrogens (tertiary/aromatic N) is 2. The van der Waals surface area contributed by atoms with Crippen molar-refractivity contribution in [3.8, 4) is 11.5 Å². The van der Waals surface area contributed by atoms with Crippen molar-refractivity contribution in [1.82, 2.24) is 9.80 Å². The topological polar surface area (TPSA) is 99.5 Å². The van der Waals surface area contributed by atoms with Gasteiger partial charge in [0.15, 0.2) is 0 Å². The van der Waals surface area contributed by atoms with Crippen molar-refractivity contribution in [3.05, 3.63) is 59.2 Å². The number of likely N-dealkylation sites (tertiary alicyclic amines) is 1. The fraction of sp³-hybridized carbons (Fsp3) is 0.562. The molecule has 0 aliphatic carbocycles. The van der Waals surface area contributed by atoms with Crippen molar-refractivity contribution in [2.75, 3.05) is 46.5 Å². The van der Waals surface area contributed by atoms with Gasteiger partial charge in [-0.25, -0.2) is 0 Å². The van der Waals surface area contributed by atoms with Gasteiger partial charge in [0.2, 0.25) is 5.91 Å². The number of carboxylic acid groups (broad SMARTS) is 1. The lowest BCUT2D eigenvalue weighted by Crippen LogP contribution is -2.44. The number of amides is 1. The van der Waals surface area contributed by atoms with E-state index in [1.165, 1.54) is 0 Å². The van der Waals surface area contributed by atoms with Crippen LogP contribution in [0.25, 0.3) is 0 Å². The van der Waals surface area contributed by atoms with Crippen LogP contribution in [-0.2, 0) is 22.4 Å². The van der Waals surface area contributed by atoms with Crippen molar-refractivity contribution in [2.24, 2.45) is 5.92 Å². The van der Waals surface area contributed by atoms with Crippen molar-refractivity contribution in [3.63, 3.8) is 0 Å². The number of ether oxygens (including phenoxy) is 2. The number of carbonyl (C=O) groups is 2. The van der Waals surface area contributed by atoms with E-state index in [0.29, 0.717) is 39.1 Å². The number of carboxylic acids is 1. The Bertz CT molecular complexity index is 1130. The number of benzene rings is 2. The fourth-order valence-corrected chi connectivity index (χ4v) is 6.28. The summed E-state index contributed by atoms with van der Waals surface area (Å²) in [7, 11) is 1.66. The highest BCUT2D eigenvalue weighted by Gasteiger charge is 2.47. The van der Waals surface area contributed by atoms with E-state index in [0.717, 1.165) is 60.3 Å². The molecule has 2 aromatic carbocycles. The number of aliphatic carboxylic acids is 1. The Morgan fingerprint density at radius 1 is 1.12 bits per heavy atom. The van der Waals surface area contributed by atoms with E-state index in [-0.39, 0.29) is 31.0 Å². The molecule has 3 atom stereocenters. The number of unbranched alkanes of at least 4 members (excludes halogenated alkanes) is 1. The minimum Gasteiger partial charge on any atom is -0.496 e. The van der Waals surface area contributed by atoms with Gasteiger partial charge < -0.3 is 24.6 Å². The van der Waals surface area contributed by atoms with E-state index < -0.39 is 11.9 Å². The summed E-state index contributed by atoms with van der Waals surface area (Å²) in [6, 6.07) is 13.7. The molecule has 40 heavy (non-hydrogen) atoms. The second kappa shape index (κ2) is 14.5. The van der Waals surface area contributed by atoms with Crippen LogP contribution >= 0.6 is 0 Å². The minimum atomic E-state index is -0.817. The van der Waals surface area contributed by atoms with E-state index in [1.807, 2.05) is 41.3 Å². The van der Waals surface area contributed by atoms with Crippen molar-refractivity contribution >= 4 is 11.9 Å². The number of hydrogen-bond donors (Lipinski definition) is 2. The molecule has 8 nitrogen and oxygen atoms in total. The summed E-state index contributed by atoms with van der Waals surface area (Å²) in [5.41, 5.74) is 3.23. The summed E-state index contributed by atoms with van der Waals surface area (Å²) in [4.78, 5) is 30.3. The molecular weight excluding hydrogens is 508 g/mol. The number of aliphatic hydroxyl groups excluding tert-OH is 1. The van der Waals surface area contributed by atoms with Crippen LogP contribution in [0.2, 0.25) is 0 Å². The summed E-state index contributed by atoms with van der Waals surface area (Å²) in [6.07, 6.45) is 5.46. The zero-order chi connectivity index (χ0) is 28.5. The molecule has 2 aliphatic heterocycles. The molecular formula is C32H44N2O6. The minimum absolute atomic E-state index is 0.00349. The van der Waals surface area contributed by atoms with Crippen LogP contribution in [0.15, 0.2) is 42.5 Å². The number of rotatable bonds is 15. The third kappa shape index (κ3) is 7.15. The van der Waals surface area contributed by atoms with E-state index in [4.69, 9.17) is 9.47 Å². The molecule has 0 radical (unpaired) electrons. The van der Waals surface area contributed by atoms with Crippen LogP contribution in [0.3, 0.4) is 0 Å². The third-order valence-electron chi connectivity index (χ3n) is 8.37. The van der Waals surface area contributed by atoms with E-state index in [2.05, 4.69) is 17.9 Å². The molecule has 1 amide bonds. The molecule has 2 aliphatic rings. The first kappa shape index (κ1) is 29.9. The molecule has 1 fully saturated rings. The highest BCUT2D eigenvalue weighted by Crippen LogP contribution is 2.41. The van der Waals surface area contributed by atoms with Crippen molar-refractivity contribution in [2.45, 2.75) is 63.8 Å². The lowest BCUT2D eigenvalue weighted by molar-refractivity contribution is -0.144. The highest BCUT2D eigenvalue weighted by molar-refractivity contribution is 5.79. The second-order valence-corrected chi connectivity index (χ2v) is 10.9. The Kier molecular flexibility index (Phi) is 10.8. The van der Waals surface area contributed by atoms with Gasteiger partial charge in [-0.05, 0) is 60.9 Å². The molecule has 3 unspecified atom stereocenters. The first-order chi connectivity index (χ1) is 19.5. The summed E-state index contributed by atoms with van der Waals surface area (Å²) < 4.78 is 11.2. The summed E-state index contributed by atoms with van der Waals surface area (Å²) in [6.45, 7) is 4.65. The third-order valence-corrected chi connectivity index (χ3v) is 8.37. The van der Waals surface area contributed by atoms with Gasteiger partial charge in [-0.2, -0.15) is 0 Å². The maximum atomic E-state index is 13.5. The first-order valence-corrected chi connectivity index (χ1v) is 14.7. The predicted molar refractivity (Wildman–Crippen MR) is 154 cm³/mol. The molecule has 4 rings (SSSR count). The maximum absolute atomic E-state index is 13.5. The van der Waals surface area contributed by atoms with E-state index >= 15 is 0 Å². The van der Waals surface area contributed by atoms with Gasteiger partial charge in [0.25, 0.3) is 0 Å². The molecule has 0 aromatic heterocycles. The maximum Gasteiger partial charge on any atom is 0.308 e. The Morgan fingerprint density at radius 2 is 1.93 bits per heavy atom. The van der Waals surface area contributed by atoms with Gasteiger partial charge in [-0.3, -0.25) is 14.5 Å².